The zero-order chi connectivity index (χ0) is 20.7. The Morgan fingerprint density at radius 2 is 1.59 bits per heavy atom. The number of hydrogen-bond donors (Lipinski definition) is 1. The number of piperidine rings is 1. The lowest BCUT2D eigenvalue weighted by Gasteiger charge is -2.38. The third-order valence-electron chi connectivity index (χ3n) is 7.80. The molecule has 2 saturated carbocycles. The van der Waals surface area contributed by atoms with Crippen molar-refractivity contribution in [3.05, 3.63) is 0 Å². The Morgan fingerprint density at radius 1 is 0.966 bits per heavy atom. The van der Waals surface area contributed by atoms with Gasteiger partial charge in [0, 0.05) is 19.5 Å². The molecule has 1 heterocycles. The monoisotopic (exact) mass is 403 g/mol. The van der Waals surface area contributed by atoms with Crippen LogP contribution in [0.15, 0.2) is 4.99 Å². The third-order valence-corrected chi connectivity index (χ3v) is 7.80. The summed E-state index contributed by atoms with van der Waals surface area (Å²) >= 11 is 0. The van der Waals surface area contributed by atoms with Crippen molar-refractivity contribution in [2.45, 2.75) is 116 Å². The van der Waals surface area contributed by atoms with Gasteiger partial charge in [-0.3, -0.25) is 9.79 Å². The molecule has 3 fully saturated rings. The zero-order valence-corrected chi connectivity index (χ0v) is 19.1. The average molecular weight is 404 g/mol. The van der Waals surface area contributed by atoms with Gasteiger partial charge in [-0.1, -0.05) is 44.9 Å². The molecule has 0 aromatic carbocycles. The van der Waals surface area contributed by atoms with Crippen LogP contribution in [0.1, 0.15) is 110 Å². The summed E-state index contributed by atoms with van der Waals surface area (Å²) in [6.45, 7) is 6.13. The lowest BCUT2D eigenvalue weighted by molar-refractivity contribution is -0.134. The summed E-state index contributed by atoms with van der Waals surface area (Å²) in [6.07, 6.45) is 18.8. The number of amides is 1. The van der Waals surface area contributed by atoms with E-state index in [1.165, 1.54) is 70.6 Å². The second kappa shape index (κ2) is 10.8. The highest BCUT2D eigenvalue weighted by Gasteiger charge is 2.33. The Labute approximate surface area is 179 Å². The maximum absolute atomic E-state index is 12.9. The van der Waals surface area contributed by atoms with Gasteiger partial charge in [0.05, 0.1) is 11.4 Å². The van der Waals surface area contributed by atoms with Crippen LogP contribution in [0.25, 0.3) is 0 Å². The predicted molar refractivity (Wildman–Crippen MR) is 122 cm³/mol. The number of rotatable bonds is 8. The first-order valence-corrected chi connectivity index (χ1v) is 12.5. The number of aliphatic imine (C=N–C) groups is 1. The molecule has 2 aliphatic carbocycles. The second-order valence-corrected chi connectivity index (χ2v) is 10.7. The molecule has 4 nitrogen and oxygen atoms in total. The molecule has 4 heteroatoms. The molecular formula is C25H45N3O. The predicted octanol–water partition coefficient (Wildman–Crippen LogP) is 5.69. The van der Waals surface area contributed by atoms with E-state index in [1.807, 2.05) is 6.92 Å². The molecule has 2 atom stereocenters. The zero-order valence-electron chi connectivity index (χ0n) is 19.1. The standard InChI is InChI=1S/C25H45N3O/c1-20(26)27-25(2,15-14-21-9-4-3-5-10-21)18-23-13-8-16-28(19-23)24(29)17-22-11-6-7-12-22/h21-23H,3-19H2,1-2H3,(H2,26,27)/t23-,25+/m1/s1. The fourth-order valence-electron chi connectivity index (χ4n) is 6.29. The fourth-order valence-corrected chi connectivity index (χ4v) is 6.29. The smallest absolute Gasteiger partial charge is 0.222 e. The SMILES string of the molecule is CC(N)=N[C@@](C)(CCC1CCCCC1)C[C@H]1CCCN(C(=O)CC2CCCC2)C1. The van der Waals surface area contributed by atoms with E-state index in [4.69, 9.17) is 10.7 Å². The molecule has 1 aliphatic heterocycles. The maximum atomic E-state index is 12.9. The van der Waals surface area contributed by atoms with Gasteiger partial charge in [0.15, 0.2) is 0 Å². The number of nitrogens with zero attached hydrogens (tertiary/aromatic N) is 2. The summed E-state index contributed by atoms with van der Waals surface area (Å²) in [7, 11) is 0. The molecule has 0 radical (unpaired) electrons. The van der Waals surface area contributed by atoms with E-state index in [9.17, 15) is 4.79 Å². The third kappa shape index (κ3) is 7.29. The fraction of sp³-hybridized carbons (Fsp3) is 0.920. The van der Waals surface area contributed by atoms with Crippen molar-refractivity contribution in [2.75, 3.05) is 13.1 Å². The molecule has 0 unspecified atom stereocenters. The van der Waals surface area contributed by atoms with Crippen molar-refractivity contribution in [1.82, 2.24) is 4.90 Å². The van der Waals surface area contributed by atoms with Gasteiger partial charge in [0.25, 0.3) is 0 Å². The van der Waals surface area contributed by atoms with Crippen LogP contribution in [-0.2, 0) is 4.79 Å². The molecule has 166 valence electrons. The van der Waals surface area contributed by atoms with Crippen molar-refractivity contribution in [3.8, 4) is 0 Å². The molecule has 29 heavy (non-hydrogen) atoms. The van der Waals surface area contributed by atoms with E-state index in [2.05, 4.69) is 11.8 Å². The Hall–Kier alpha value is -1.06. The van der Waals surface area contributed by atoms with Gasteiger partial charge in [-0.25, -0.2) is 0 Å². The van der Waals surface area contributed by atoms with E-state index in [0.29, 0.717) is 23.6 Å². The first-order valence-electron chi connectivity index (χ1n) is 12.5. The minimum atomic E-state index is -0.0710. The summed E-state index contributed by atoms with van der Waals surface area (Å²) in [5, 5.41) is 0. The van der Waals surface area contributed by atoms with Crippen LogP contribution in [0.3, 0.4) is 0 Å². The van der Waals surface area contributed by atoms with Crippen LogP contribution in [-0.4, -0.2) is 35.3 Å². The summed E-state index contributed by atoms with van der Waals surface area (Å²) < 4.78 is 0. The summed E-state index contributed by atoms with van der Waals surface area (Å²) in [4.78, 5) is 20.0. The van der Waals surface area contributed by atoms with Crippen molar-refractivity contribution in [3.63, 3.8) is 0 Å². The highest BCUT2D eigenvalue weighted by atomic mass is 16.2. The maximum Gasteiger partial charge on any atom is 0.222 e. The van der Waals surface area contributed by atoms with Crippen molar-refractivity contribution in [1.29, 1.82) is 0 Å². The second-order valence-electron chi connectivity index (χ2n) is 10.7. The van der Waals surface area contributed by atoms with Crippen LogP contribution in [0, 0.1) is 17.8 Å². The first kappa shape index (κ1) is 22.6. The molecule has 0 bridgehead atoms. The highest BCUT2D eigenvalue weighted by Crippen LogP contribution is 2.36. The Kier molecular flexibility index (Phi) is 8.44. The van der Waals surface area contributed by atoms with Crippen LogP contribution in [0.5, 0.6) is 0 Å². The van der Waals surface area contributed by atoms with E-state index in [1.54, 1.807) is 0 Å². The van der Waals surface area contributed by atoms with E-state index in [0.717, 1.165) is 44.7 Å². The number of nitrogens with two attached hydrogens (primary N) is 1. The van der Waals surface area contributed by atoms with Gasteiger partial charge >= 0.3 is 0 Å². The van der Waals surface area contributed by atoms with E-state index >= 15 is 0 Å². The lowest BCUT2D eigenvalue weighted by Crippen LogP contribution is -2.42. The number of carbonyl (C=O) groups excluding carboxylic acids is 1. The lowest BCUT2D eigenvalue weighted by atomic mass is 9.78. The van der Waals surface area contributed by atoms with Gasteiger partial charge in [0.1, 0.15) is 0 Å². The van der Waals surface area contributed by atoms with E-state index in [-0.39, 0.29) is 5.54 Å². The van der Waals surface area contributed by atoms with Crippen LogP contribution < -0.4 is 5.73 Å². The van der Waals surface area contributed by atoms with E-state index < -0.39 is 0 Å². The Balaban J connectivity index is 1.54. The molecule has 3 rings (SSSR count). The van der Waals surface area contributed by atoms with Gasteiger partial charge < -0.3 is 10.6 Å². The number of hydrogen-bond acceptors (Lipinski definition) is 2. The molecule has 2 N–H and O–H groups in total. The van der Waals surface area contributed by atoms with Gasteiger partial charge in [0.2, 0.25) is 5.91 Å². The molecule has 0 aromatic rings. The minimum Gasteiger partial charge on any atom is -0.388 e. The van der Waals surface area contributed by atoms with Crippen molar-refractivity contribution in [2.24, 2.45) is 28.5 Å². The molecule has 0 aromatic heterocycles. The average Bonchev–Trinajstić information content (AvgIpc) is 3.20. The summed E-state index contributed by atoms with van der Waals surface area (Å²) in [6, 6.07) is 0. The summed E-state index contributed by atoms with van der Waals surface area (Å²) in [5.41, 5.74) is 5.97. The minimum absolute atomic E-state index is 0.0710. The Bertz CT molecular complexity index is 544. The number of likely N-dealkylation sites (tertiary alicyclic amines) is 1. The number of amidine groups is 1. The normalized spacial score (nSPS) is 27.2. The molecule has 1 saturated heterocycles. The van der Waals surface area contributed by atoms with Gasteiger partial charge in [-0.05, 0) is 76.5 Å². The molecule has 1 amide bonds. The topological polar surface area (TPSA) is 58.7 Å². The van der Waals surface area contributed by atoms with Crippen LogP contribution in [0.2, 0.25) is 0 Å². The largest absolute Gasteiger partial charge is 0.388 e. The van der Waals surface area contributed by atoms with Gasteiger partial charge in [-0.2, -0.15) is 0 Å². The van der Waals surface area contributed by atoms with Crippen molar-refractivity contribution < 1.29 is 4.79 Å². The Morgan fingerprint density at radius 3 is 2.28 bits per heavy atom. The molecular weight excluding hydrogens is 358 g/mol. The molecule has 3 aliphatic rings. The first-order chi connectivity index (χ1) is 13.9. The highest BCUT2D eigenvalue weighted by molar-refractivity contribution is 5.78. The van der Waals surface area contributed by atoms with Crippen LogP contribution >= 0.6 is 0 Å². The van der Waals surface area contributed by atoms with Crippen LogP contribution in [0.4, 0.5) is 0 Å². The van der Waals surface area contributed by atoms with Gasteiger partial charge in [-0.15, -0.1) is 0 Å². The number of carbonyl (C=O) groups is 1. The quantitative estimate of drug-likeness (QED) is 0.418. The van der Waals surface area contributed by atoms with Crippen molar-refractivity contribution >= 4 is 11.7 Å². The molecule has 0 spiro atoms. The summed E-state index contributed by atoms with van der Waals surface area (Å²) in [5.74, 6) is 3.21.